The largest absolute Gasteiger partial charge is 0.293 e. The zero-order valence-electron chi connectivity index (χ0n) is 19.0. The summed E-state index contributed by atoms with van der Waals surface area (Å²) in [6, 6.07) is 26.6. The van der Waals surface area contributed by atoms with Crippen molar-refractivity contribution in [2.24, 2.45) is 0 Å². The summed E-state index contributed by atoms with van der Waals surface area (Å²) in [5, 5.41) is 5.61. The van der Waals surface area contributed by atoms with Gasteiger partial charge in [0, 0.05) is 23.1 Å². The van der Waals surface area contributed by atoms with Crippen LogP contribution < -0.4 is 5.56 Å². The van der Waals surface area contributed by atoms with E-state index in [0.717, 1.165) is 40.0 Å². The molecule has 0 saturated carbocycles. The van der Waals surface area contributed by atoms with Crippen LogP contribution in [-0.2, 0) is 6.54 Å². The summed E-state index contributed by atoms with van der Waals surface area (Å²) < 4.78 is 5.85. The van der Waals surface area contributed by atoms with Crippen LogP contribution >= 0.6 is 11.9 Å². The maximum absolute atomic E-state index is 13.4. The maximum Gasteiger partial charge on any atom is 0.261 e. The minimum absolute atomic E-state index is 0.0299. The van der Waals surface area contributed by atoms with Gasteiger partial charge >= 0.3 is 0 Å². The predicted molar refractivity (Wildman–Crippen MR) is 138 cm³/mol. The molecular formula is C27H26N4OS. The molecule has 0 aliphatic heterocycles. The number of aryl methyl sites for hydroxylation is 1. The van der Waals surface area contributed by atoms with Gasteiger partial charge in [0.25, 0.3) is 5.56 Å². The Morgan fingerprint density at radius 3 is 2.39 bits per heavy atom. The summed E-state index contributed by atoms with van der Waals surface area (Å²) in [5.41, 5.74) is 5.76. The van der Waals surface area contributed by atoms with Crippen LogP contribution in [0, 0.1) is 0 Å². The highest BCUT2D eigenvalue weighted by Crippen LogP contribution is 2.29. The molecule has 0 N–H and O–H groups in total. The van der Waals surface area contributed by atoms with Gasteiger partial charge in [0.05, 0.1) is 16.6 Å². The smallest absolute Gasteiger partial charge is 0.261 e. The third kappa shape index (κ3) is 4.08. The quantitative estimate of drug-likeness (QED) is 0.297. The Kier molecular flexibility index (Phi) is 5.79. The Balaban J connectivity index is 1.74. The minimum Gasteiger partial charge on any atom is -0.293 e. The van der Waals surface area contributed by atoms with Gasteiger partial charge in [-0.3, -0.25) is 13.7 Å². The summed E-state index contributed by atoms with van der Waals surface area (Å²) in [7, 11) is 4.07. The highest BCUT2D eigenvalue weighted by atomic mass is 32.2. The Bertz CT molecular complexity index is 1500. The van der Waals surface area contributed by atoms with E-state index in [-0.39, 0.29) is 5.56 Å². The molecule has 3 aromatic carbocycles. The van der Waals surface area contributed by atoms with Gasteiger partial charge in [-0.15, -0.1) is 0 Å². The highest BCUT2D eigenvalue weighted by Gasteiger charge is 2.15. The first-order valence-electron chi connectivity index (χ1n) is 11.1. The van der Waals surface area contributed by atoms with E-state index >= 15 is 0 Å². The fourth-order valence-corrected chi connectivity index (χ4v) is 4.93. The number of hydrogen-bond acceptors (Lipinski definition) is 4. The zero-order chi connectivity index (χ0) is 22.9. The van der Waals surface area contributed by atoms with E-state index in [1.54, 1.807) is 11.9 Å². The SMILES string of the molecule is CCCn1c(=O)c2ccc(-c3cccc(SN(C)C)c3)cc2n2nc(-c3ccccc3)cc12. The van der Waals surface area contributed by atoms with Crippen molar-refractivity contribution in [1.82, 2.24) is 18.5 Å². The molecule has 33 heavy (non-hydrogen) atoms. The molecule has 0 amide bonds. The van der Waals surface area contributed by atoms with Gasteiger partial charge in [-0.05, 0) is 67.9 Å². The molecule has 5 nitrogen and oxygen atoms in total. The van der Waals surface area contributed by atoms with Gasteiger partial charge in [-0.2, -0.15) is 5.10 Å². The van der Waals surface area contributed by atoms with Crippen LogP contribution in [0.3, 0.4) is 0 Å². The molecule has 0 unspecified atom stereocenters. The van der Waals surface area contributed by atoms with E-state index in [4.69, 9.17) is 5.10 Å². The molecule has 5 rings (SSSR count). The molecule has 6 heteroatoms. The predicted octanol–water partition coefficient (Wildman–Crippen LogP) is 5.96. The van der Waals surface area contributed by atoms with Crippen molar-refractivity contribution in [3.63, 3.8) is 0 Å². The van der Waals surface area contributed by atoms with Crippen LogP contribution in [0.5, 0.6) is 0 Å². The molecule has 5 aromatic rings. The third-order valence-electron chi connectivity index (χ3n) is 5.64. The summed E-state index contributed by atoms with van der Waals surface area (Å²) in [6.45, 7) is 2.74. The monoisotopic (exact) mass is 454 g/mol. The van der Waals surface area contributed by atoms with E-state index in [0.29, 0.717) is 11.9 Å². The average molecular weight is 455 g/mol. The fourth-order valence-electron chi connectivity index (χ4n) is 4.19. The lowest BCUT2D eigenvalue weighted by Gasteiger charge is -2.12. The minimum atomic E-state index is 0.0299. The number of benzene rings is 3. The number of nitrogens with zero attached hydrogens (tertiary/aromatic N) is 4. The number of hydrogen-bond donors (Lipinski definition) is 0. The summed E-state index contributed by atoms with van der Waals surface area (Å²) in [6.07, 6.45) is 0.876. The van der Waals surface area contributed by atoms with E-state index in [1.807, 2.05) is 71.7 Å². The first-order chi connectivity index (χ1) is 16.0. The molecule has 0 spiro atoms. The van der Waals surface area contributed by atoms with Crippen molar-refractivity contribution in [2.45, 2.75) is 24.8 Å². The molecule has 0 saturated heterocycles. The second-order valence-electron chi connectivity index (χ2n) is 8.29. The van der Waals surface area contributed by atoms with Crippen LogP contribution in [0.25, 0.3) is 38.9 Å². The Morgan fingerprint density at radius 2 is 1.64 bits per heavy atom. The van der Waals surface area contributed by atoms with Crippen molar-refractivity contribution >= 4 is 28.5 Å². The van der Waals surface area contributed by atoms with Crippen molar-refractivity contribution in [3.05, 3.63) is 89.2 Å². The Morgan fingerprint density at radius 1 is 0.879 bits per heavy atom. The topological polar surface area (TPSA) is 42.5 Å². The van der Waals surface area contributed by atoms with Crippen molar-refractivity contribution in [2.75, 3.05) is 14.1 Å². The van der Waals surface area contributed by atoms with E-state index in [9.17, 15) is 4.79 Å². The van der Waals surface area contributed by atoms with Crippen LogP contribution in [0.15, 0.2) is 88.6 Å². The molecule has 0 aliphatic carbocycles. The molecule has 0 atom stereocenters. The molecule has 0 bridgehead atoms. The second kappa shape index (κ2) is 8.89. The van der Waals surface area contributed by atoms with Crippen molar-refractivity contribution in [3.8, 4) is 22.4 Å². The van der Waals surface area contributed by atoms with E-state index in [2.05, 4.69) is 41.6 Å². The van der Waals surface area contributed by atoms with Gasteiger partial charge in [-0.25, -0.2) is 4.52 Å². The van der Waals surface area contributed by atoms with Crippen LogP contribution in [0.4, 0.5) is 0 Å². The lowest BCUT2D eigenvalue weighted by Crippen LogP contribution is -2.22. The lowest BCUT2D eigenvalue weighted by molar-refractivity contribution is 0.666. The molecule has 0 aliphatic rings. The van der Waals surface area contributed by atoms with Crippen molar-refractivity contribution in [1.29, 1.82) is 0 Å². The molecule has 0 radical (unpaired) electrons. The molecule has 0 fully saturated rings. The Labute approximate surface area is 197 Å². The molecule has 2 heterocycles. The maximum atomic E-state index is 13.4. The number of rotatable bonds is 6. The number of fused-ring (bicyclic) bond motifs is 3. The first-order valence-corrected chi connectivity index (χ1v) is 11.9. The Hall–Kier alpha value is -3.35. The van der Waals surface area contributed by atoms with Gasteiger partial charge in [-0.1, -0.05) is 55.5 Å². The van der Waals surface area contributed by atoms with Gasteiger partial charge in [0.15, 0.2) is 0 Å². The normalized spacial score (nSPS) is 11.6. The summed E-state index contributed by atoms with van der Waals surface area (Å²) in [5.74, 6) is 0. The average Bonchev–Trinajstić information content (AvgIpc) is 3.27. The molecular weight excluding hydrogens is 428 g/mol. The van der Waals surface area contributed by atoms with Crippen LogP contribution in [0.2, 0.25) is 0 Å². The second-order valence-corrected chi connectivity index (χ2v) is 9.67. The van der Waals surface area contributed by atoms with Gasteiger partial charge in [0.2, 0.25) is 0 Å². The van der Waals surface area contributed by atoms with Gasteiger partial charge in [0.1, 0.15) is 5.65 Å². The fraction of sp³-hybridized carbons (Fsp3) is 0.185. The standard InChI is InChI=1S/C27H26N4OS/c1-4-15-30-26-18-24(19-9-6-5-7-10-19)28-31(26)25-17-21(13-14-23(25)27(30)32)20-11-8-12-22(16-20)33-29(2)3/h5-14,16-18H,4,15H2,1-3H3. The molecule has 166 valence electrons. The highest BCUT2D eigenvalue weighted by molar-refractivity contribution is 7.97. The third-order valence-corrected chi connectivity index (χ3v) is 6.47. The number of aromatic nitrogens is 3. The van der Waals surface area contributed by atoms with Crippen molar-refractivity contribution < 1.29 is 0 Å². The first kappa shape index (κ1) is 21.5. The van der Waals surface area contributed by atoms with Gasteiger partial charge < -0.3 is 0 Å². The van der Waals surface area contributed by atoms with Crippen LogP contribution in [-0.4, -0.2) is 32.6 Å². The zero-order valence-corrected chi connectivity index (χ0v) is 19.8. The molecule has 2 aromatic heterocycles. The lowest BCUT2D eigenvalue weighted by atomic mass is 10.0. The van der Waals surface area contributed by atoms with E-state index < -0.39 is 0 Å². The van der Waals surface area contributed by atoms with E-state index in [1.165, 1.54) is 4.90 Å². The van der Waals surface area contributed by atoms with Crippen LogP contribution in [0.1, 0.15) is 13.3 Å². The summed E-state index contributed by atoms with van der Waals surface area (Å²) >= 11 is 1.69. The summed E-state index contributed by atoms with van der Waals surface area (Å²) in [4.78, 5) is 14.6.